The lowest BCUT2D eigenvalue weighted by molar-refractivity contribution is 0.197. The van der Waals surface area contributed by atoms with Crippen molar-refractivity contribution in [2.24, 2.45) is 5.92 Å². The Morgan fingerprint density at radius 2 is 1.52 bits per heavy atom. The van der Waals surface area contributed by atoms with Gasteiger partial charge in [-0.1, -0.05) is 60.7 Å². The third kappa shape index (κ3) is 7.51. The Labute approximate surface area is 196 Å². The smallest absolute Gasteiger partial charge is 0.319 e. The van der Waals surface area contributed by atoms with Crippen LogP contribution in [0.4, 0.5) is 10.5 Å². The molecule has 3 aromatic carbocycles. The summed E-state index contributed by atoms with van der Waals surface area (Å²) in [6.45, 7) is 3.81. The summed E-state index contributed by atoms with van der Waals surface area (Å²) in [4.78, 5) is 14.8. The van der Waals surface area contributed by atoms with Gasteiger partial charge in [0.1, 0.15) is 11.5 Å². The van der Waals surface area contributed by atoms with E-state index in [9.17, 15) is 4.79 Å². The Kier molecular flexibility index (Phi) is 8.14. The lowest BCUT2D eigenvalue weighted by Crippen LogP contribution is -2.39. The molecule has 0 spiro atoms. The van der Waals surface area contributed by atoms with E-state index in [-0.39, 0.29) is 6.03 Å². The zero-order valence-corrected chi connectivity index (χ0v) is 18.8. The molecule has 0 atom stereocenters. The van der Waals surface area contributed by atoms with E-state index in [4.69, 9.17) is 4.74 Å². The molecule has 5 heteroatoms. The molecule has 1 saturated heterocycles. The number of hydrogen-bond donors (Lipinski definition) is 2. The highest BCUT2D eigenvalue weighted by Crippen LogP contribution is 2.22. The number of rotatable bonds is 8. The molecule has 4 rings (SSSR count). The van der Waals surface area contributed by atoms with Crippen molar-refractivity contribution in [3.63, 3.8) is 0 Å². The van der Waals surface area contributed by atoms with Crippen LogP contribution in [0.15, 0.2) is 91.0 Å². The van der Waals surface area contributed by atoms with Gasteiger partial charge < -0.3 is 15.4 Å². The Bertz CT molecular complexity index is 1010. The molecule has 2 N–H and O–H groups in total. The van der Waals surface area contributed by atoms with Crippen molar-refractivity contribution in [1.29, 1.82) is 0 Å². The van der Waals surface area contributed by atoms with Crippen LogP contribution in [0.5, 0.6) is 11.5 Å². The lowest BCUT2D eigenvalue weighted by Gasteiger charge is -2.31. The SMILES string of the molecule is O=C(NCC1CCN(C/C=C/c2ccccc2)CC1)Nc1ccc(Oc2ccccc2)cc1. The second kappa shape index (κ2) is 11.9. The van der Waals surface area contributed by atoms with Crippen molar-refractivity contribution in [3.05, 3.63) is 96.6 Å². The van der Waals surface area contributed by atoms with E-state index in [2.05, 4.69) is 52.0 Å². The van der Waals surface area contributed by atoms with Gasteiger partial charge in [-0.15, -0.1) is 0 Å². The molecule has 33 heavy (non-hydrogen) atoms. The third-order valence-corrected chi connectivity index (χ3v) is 5.82. The molecule has 1 fully saturated rings. The summed E-state index contributed by atoms with van der Waals surface area (Å²) < 4.78 is 5.78. The second-order valence-corrected chi connectivity index (χ2v) is 8.33. The Morgan fingerprint density at radius 3 is 2.21 bits per heavy atom. The number of amides is 2. The van der Waals surface area contributed by atoms with Gasteiger partial charge in [-0.05, 0) is 73.8 Å². The first-order valence-electron chi connectivity index (χ1n) is 11.6. The molecule has 0 aromatic heterocycles. The third-order valence-electron chi connectivity index (χ3n) is 5.82. The quantitative estimate of drug-likeness (QED) is 0.449. The highest BCUT2D eigenvalue weighted by Gasteiger charge is 2.18. The highest BCUT2D eigenvalue weighted by atomic mass is 16.5. The van der Waals surface area contributed by atoms with E-state index in [1.807, 2.05) is 60.7 Å². The van der Waals surface area contributed by atoms with Crippen molar-refractivity contribution in [1.82, 2.24) is 10.2 Å². The van der Waals surface area contributed by atoms with Crippen LogP contribution in [0.2, 0.25) is 0 Å². The second-order valence-electron chi connectivity index (χ2n) is 8.33. The van der Waals surface area contributed by atoms with Crippen LogP contribution in [0.3, 0.4) is 0 Å². The van der Waals surface area contributed by atoms with Crippen LogP contribution in [0, 0.1) is 5.92 Å². The van der Waals surface area contributed by atoms with Gasteiger partial charge >= 0.3 is 6.03 Å². The fourth-order valence-electron chi connectivity index (χ4n) is 3.92. The summed E-state index contributed by atoms with van der Waals surface area (Å²) in [5.74, 6) is 2.04. The number of nitrogens with one attached hydrogen (secondary N) is 2. The van der Waals surface area contributed by atoms with Crippen LogP contribution in [-0.4, -0.2) is 37.1 Å². The Balaban J connectivity index is 1.13. The molecule has 3 aromatic rings. The summed E-state index contributed by atoms with van der Waals surface area (Å²) in [7, 11) is 0. The zero-order chi connectivity index (χ0) is 22.7. The van der Waals surface area contributed by atoms with Gasteiger partial charge in [-0.3, -0.25) is 4.90 Å². The van der Waals surface area contributed by atoms with Gasteiger partial charge in [0.15, 0.2) is 0 Å². The van der Waals surface area contributed by atoms with Gasteiger partial charge in [0.2, 0.25) is 0 Å². The number of para-hydroxylation sites is 1. The average molecular weight is 442 g/mol. The minimum Gasteiger partial charge on any atom is -0.457 e. The molecule has 2 amide bonds. The number of carbonyl (C=O) groups is 1. The molecule has 0 radical (unpaired) electrons. The highest BCUT2D eigenvalue weighted by molar-refractivity contribution is 5.89. The van der Waals surface area contributed by atoms with Gasteiger partial charge in [0, 0.05) is 18.8 Å². The largest absolute Gasteiger partial charge is 0.457 e. The number of piperidine rings is 1. The fraction of sp³-hybridized carbons (Fsp3) is 0.250. The van der Waals surface area contributed by atoms with Gasteiger partial charge in [-0.2, -0.15) is 0 Å². The predicted octanol–water partition coefficient (Wildman–Crippen LogP) is 6.03. The van der Waals surface area contributed by atoms with Crippen molar-refractivity contribution in [2.45, 2.75) is 12.8 Å². The first-order valence-corrected chi connectivity index (χ1v) is 11.6. The number of carbonyl (C=O) groups excluding carboxylic acids is 1. The number of nitrogens with zero attached hydrogens (tertiary/aromatic N) is 1. The zero-order valence-electron chi connectivity index (χ0n) is 18.8. The molecule has 1 heterocycles. The van der Waals surface area contributed by atoms with Gasteiger partial charge in [0.05, 0.1) is 0 Å². The van der Waals surface area contributed by atoms with Gasteiger partial charge in [0.25, 0.3) is 0 Å². The minimum atomic E-state index is -0.167. The minimum absolute atomic E-state index is 0.167. The first-order chi connectivity index (χ1) is 16.2. The topological polar surface area (TPSA) is 53.6 Å². The molecule has 0 unspecified atom stereocenters. The van der Waals surface area contributed by atoms with Crippen molar-refractivity contribution < 1.29 is 9.53 Å². The fourth-order valence-corrected chi connectivity index (χ4v) is 3.92. The molecule has 0 bridgehead atoms. The maximum Gasteiger partial charge on any atom is 0.319 e. The van der Waals surface area contributed by atoms with Crippen molar-refractivity contribution in [3.8, 4) is 11.5 Å². The maximum absolute atomic E-state index is 12.3. The predicted molar refractivity (Wildman–Crippen MR) is 135 cm³/mol. The van der Waals surface area contributed by atoms with Crippen LogP contribution < -0.4 is 15.4 Å². The van der Waals surface area contributed by atoms with Crippen LogP contribution in [-0.2, 0) is 0 Å². The van der Waals surface area contributed by atoms with E-state index < -0.39 is 0 Å². The normalized spacial score (nSPS) is 14.8. The van der Waals surface area contributed by atoms with Gasteiger partial charge in [-0.25, -0.2) is 4.79 Å². The standard InChI is InChI=1S/C28H31N3O2/c32-28(30-25-13-15-27(16-14-25)33-26-11-5-2-6-12-26)29-22-24-17-20-31(21-18-24)19-7-10-23-8-3-1-4-9-23/h1-16,24H,17-22H2,(H2,29,30,32)/b10-7+. The number of likely N-dealkylation sites (tertiary alicyclic amines) is 1. The molecule has 0 aliphatic carbocycles. The molecule has 5 nitrogen and oxygen atoms in total. The summed E-state index contributed by atoms with van der Waals surface area (Å²) >= 11 is 0. The van der Waals surface area contributed by atoms with Crippen LogP contribution in [0.1, 0.15) is 18.4 Å². The van der Waals surface area contributed by atoms with Crippen LogP contribution >= 0.6 is 0 Å². The number of anilines is 1. The summed E-state index contributed by atoms with van der Waals surface area (Å²) in [6, 6.07) is 27.3. The van der Waals surface area contributed by atoms with Crippen LogP contribution in [0.25, 0.3) is 6.08 Å². The monoisotopic (exact) mass is 441 g/mol. The van der Waals surface area contributed by atoms with E-state index in [0.29, 0.717) is 12.5 Å². The van der Waals surface area contributed by atoms with E-state index in [1.165, 1.54) is 5.56 Å². The van der Waals surface area contributed by atoms with E-state index >= 15 is 0 Å². The number of benzene rings is 3. The molecular formula is C28H31N3O2. The molecular weight excluding hydrogens is 410 g/mol. The van der Waals surface area contributed by atoms with Crippen molar-refractivity contribution in [2.75, 3.05) is 31.5 Å². The number of urea groups is 1. The summed E-state index contributed by atoms with van der Waals surface area (Å²) in [5, 5.41) is 5.92. The first kappa shape index (κ1) is 22.6. The summed E-state index contributed by atoms with van der Waals surface area (Å²) in [6.07, 6.45) is 6.62. The van der Waals surface area contributed by atoms with E-state index in [1.54, 1.807) is 0 Å². The Morgan fingerprint density at radius 1 is 0.879 bits per heavy atom. The molecule has 0 saturated carbocycles. The molecule has 170 valence electrons. The Hall–Kier alpha value is -3.57. The average Bonchev–Trinajstić information content (AvgIpc) is 2.86. The maximum atomic E-state index is 12.3. The number of ether oxygens (including phenoxy) is 1. The lowest BCUT2D eigenvalue weighted by atomic mass is 9.97. The number of hydrogen-bond acceptors (Lipinski definition) is 3. The van der Waals surface area contributed by atoms with E-state index in [0.717, 1.165) is 49.7 Å². The molecule has 1 aliphatic heterocycles. The summed E-state index contributed by atoms with van der Waals surface area (Å²) in [5.41, 5.74) is 1.98. The molecule has 1 aliphatic rings. The van der Waals surface area contributed by atoms with Crippen molar-refractivity contribution >= 4 is 17.8 Å².